The van der Waals surface area contributed by atoms with Crippen molar-refractivity contribution in [3.8, 4) is 11.1 Å². The van der Waals surface area contributed by atoms with Gasteiger partial charge in [-0.05, 0) is 41.0 Å². The van der Waals surface area contributed by atoms with Gasteiger partial charge in [0.1, 0.15) is 0 Å². The van der Waals surface area contributed by atoms with Gasteiger partial charge in [0.15, 0.2) is 5.13 Å². The molecule has 0 unspecified atom stereocenters. The number of anilines is 1. The molecule has 2 N–H and O–H groups in total. The highest BCUT2D eigenvalue weighted by atomic mass is 32.2. The summed E-state index contributed by atoms with van der Waals surface area (Å²) in [6.07, 6.45) is 1.57. The lowest BCUT2D eigenvalue weighted by Gasteiger charge is -2.22. The smallest absolute Gasteiger partial charge is 0.266 e. The fourth-order valence-corrected chi connectivity index (χ4v) is 5.39. The maximum atomic E-state index is 13.4. The highest BCUT2D eigenvalue weighted by Crippen LogP contribution is 2.28. The van der Waals surface area contributed by atoms with Gasteiger partial charge in [-0.15, -0.1) is 11.3 Å². The second kappa shape index (κ2) is 8.71. The first kappa shape index (κ1) is 20.8. The van der Waals surface area contributed by atoms with E-state index in [2.05, 4.69) is 4.98 Å². The molecule has 1 amide bonds. The standard InChI is InChI=1S/C23H19N3O3S2/c24-22(27)20-10-12-21(13-11-20)31(28,29)26(23-25-14-15-30-23)16-17-6-8-19(9-7-17)18-4-2-1-3-5-18/h1-15H,16H2,(H2,24,27). The third kappa shape index (κ3) is 4.50. The van der Waals surface area contributed by atoms with E-state index < -0.39 is 15.9 Å². The molecule has 31 heavy (non-hydrogen) atoms. The van der Waals surface area contributed by atoms with Crippen molar-refractivity contribution in [3.05, 3.63) is 102 Å². The molecule has 4 rings (SSSR count). The van der Waals surface area contributed by atoms with Crippen LogP contribution in [0.1, 0.15) is 15.9 Å². The quantitative estimate of drug-likeness (QED) is 0.455. The molecule has 156 valence electrons. The first-order valence-electron chi connectivity index (χ1n) is 9.41. The molecule has 0 aliphatic carbocycles. The second-order valence-electron chi connectivity index (χ2n) is 6.78. The Morgan fingerprint density at radius 3 is 2.13 bits per heavy atom. The molecule has 1 heterocycles. The van der Waals surface area contributed by atoms with Gasteiger partial charge in [0.25, 0.3) is 10.0 Å². The normalized spacial score (nSPS) is 11.2. The summed E-state index contributed by atoms with van der Waals surface area (Å²) in [5.41, 5.74) is 8.47. The molecule has 8 heteroatoms. The zero-order valence-electron chi connectivity index (χ0n) is 16.4. The van der Waals surface area contributed by atoms with Crippen LogP contribution in [-0.4, -0.2) is 19.3 Å². The van der Waals surface area contributed by atoms with E-state index in [1.165, 1.54) is 39.9 Å². The minimum Gasteiger partial charge on any atom is -0.366 e. The predicted octanol–water partition coefficient (Wildman–Crippen LogP) is 4.30. The Morgan fingerprint density at radius 2 is 1.55 bits per heavy atom. The number of carbonyl (C=O) groups excluding carboxylic acids is 1. The van der Waals surface area contributed by atoms with Gasteiger partial charge < -0.3 is 5.73 Å². The monoisotopic (exact) mass is 449 g/mol. The van der Waals surface area contributed by atoms with E-state index in [-0.39, 0.29) is 17.0 Å². The molecule has 0 saturated heterocycles. The number of thiazole rings is 1. The number of hydrogen-bond donors (Lipinski definition) is 1. The van der Waals surface area contributed by atoms with Crippen LogP contribution in [0.2, 0.25) is 0 Å². The summed E-state index contributed by atoms with van der Waals surface area (Å²) in [5.74, 6) is -0.612. The zero-order valence-corrected chi connectivity index (χ0v) is 18.0. The Kier molecular flexibility index (Phi) is 5.83. The van der Waals surface area contributed by atoms with Gasteiger partial charge in [0.2, 0.25) is 5.91 Å². The Hall–Kier alpha value is -3.49. The molecular weight excluding hydrogens is 430 g/mol. The Bertz CT molecular complexity index is 1270. The second-order valence-corrected chi connectivity index (χ2v) is 9.51. The number of hydrogen-bond acceptors (Lipinski definition) is 5. The first-order valence-corrected chi connectivity index (χ1v) is 11.7. The lowest BCUT2D eigenvalue weighted by molar-refractivity contribution is 0.1000. The number of amides is 1. The van der Waals surface area contributed by atoms with Crippen molar-refractivity contribution in [2.45, 2.75) is 11.4 Å². The van der Waals surface area contributed by atoms with Gasteiger partial charge in [0, 0.05) is 17.1 Å². The fraction of sp³-hybridized carbons (Fsp3) is 0.0435. The van der Waals surface area contributed by atoms with Crippen molar-refractivity contribution in [2.75, 3.05) is 4.31 Å². The molecule has 0 fully saturated rings. The Labute approximate surface area is 184 Å². The molecule has 0 spiro atoms. The van der Waals surface area contributed by atoms with Gasteiger partial charge in [-0.3, -0.25) is 4.79 Å². The first-order chi connectivity index (χ1) is 14.9. The third-order valence-corrected chi connectivity index (χ3v) is 7.41. The lowest BCUT2D eigenvalue weighted by Crippen LogP contribution is -2.30. The van der Waals surface area contributed by atoms with Gasteiger partial charge >= 0.3 is 0 Å². The number of nitrogens with zero attached hydrogens (tertiary/aromatic N) is 2. The minimum absolute atomic E-state index is 0.0635. The summed E-state index contributed by atoms with van der Waals surface area (Å²) >= 11 is 1.24. The van der Waals surface area contributed by atoms with Crippen LogP contribution in [-0.2, 0) is 16.6 Å². The van der Waals surface area contributed by atoms with Crippen LogP contribution >= 0.6 is 11.3 Å². The summed E-state index contributed by atoms with van der Waals surface area (Å²) in [6.45, 7) is 0.127. The number of sulfonamides is 1. The van der Waals surface area contributed by atoms with Crippen molar-refractivity contribution >= 4 is 32.4 Å². The SMILES string of the molecule is NC(=O)c1ccc(S(=O)(=O)N(Cc2ccc(-c3ccccc3)cc2)c2nccs2)cc1. The van der Waals surface area contributed by atoms with E-state index in [1.807, 2.05) is 54.6 Å². The van der Waals surface area contributed by atoms with E-state index in [0.717, 1.165) is 16.7 Å². The van der Waals surface area contributed by atoms with Crippen molar-refractivity contribution < 1.29 is 13.2 Å². The van der Waals surface area contributed by atoms with E-state index in [0.29, 0.717) is 5.13 Å². The van der Waals surface area contributed by atoms with Crippen LogP contribution < -0.4 is 10.0 Å². The van der Waals surface area contributed by atoms with Crippen LogP contribution in [0.3, 0.4) is 0 Å². The maximum absolute atomic E-state index is 13.4. The van der Waals surface area contributed by atoms with E-state index in [4.69, 9.17) is 5.73 Å². The average molecular weight is 450 g/mol. The molecule has 0 radical (unpaired) electrons. The van der Waals surface area contributed by atoms with E-state index in [1.54, 1.807) is 11.6 Å². The number of primary amides is 1. The van der Waals surface area contributed by atoms with E-state index in [9.17, 15) is 13.2 Å². The summed E-state index contributed by atoms with van der Waals surface area (Å²) in [4.78, 5) is 15.6. The minimum atomic E-state index is -3.90. The summed E-state index contributed by atoms with van der Waals surface area (Å²) in [6, 6.07) is 23.3. The third-order valence-electron chi connectivity index (χ3n) is 4.75. The number of aromatic nitrogens is 1. The molecule has 0 aliphatic rings. The van der Waals surface area contributed by atoms with Crippen LogP contribution in [0.5, 0.6) is 0 Å². The van der Waals surface area contributed by atoms with Gasteiger partial charge in [-0.1, -0.05) is 54.6 Å². The topological polar surface area (TPSA) is 93.4 Å². The van der Waals surface area contributed by atoms with E-state index >= 15 is 0 Å². The average Bonchev–Trinajstić information content (AvgIpc) is 3.33. The van der Waals surface area contributed by atoms with Crippen molar-refractivity contribution in [1.82, 2.24) is 4.98 Å². The van der Waals surface area contributed by atoms with Crippen molar-refractivity contribution in [3.63, 3.8) is 0 Å². The largest absolute Gasteiger partial charge is 0.366 e. The summed E-state index contributed by atoms with van der Waals surface area (Å²) in [5, 5.41) is 2.10. The Balaban J connectivity index is 1.65. The molecule has 0 saturated carbocycles. The number of nitrogens with two attached hydrogens (primary N) is 1. The molecule has 0 bridgehead atoms. The highest BCUT2D eigenvalue weighted by molar-refractivity contribution is 7.93. The summed E-state index contributed by atoms with van der Waals surface area (Å²) < 4.78 is 28.0. The number of carbonyl (C=O) groups is 1. The number of rotatable bonds is 7. The zero-order chi connectivity index (χ0) is 21.8. The lowest BCUT2D eigenvalue weighted by atomic mass is 10.0. The number of benzene rings is 3. The van der Waals surface area contributed by atoms with Crippen LogP contribution in [0.15, 0.2) is 95.3 Å². The highest BCUT2D eigenvalue weighted by Gasteiger charge is 2.27. The van der Waals surface area contributed by atoms with Gasteiger partial charge in [0.05, 0.1) is 11.4 Å². The molecular formula is C23H19N3O3S2. The molecule has 1 aromatic heterocycles. The molecule has 3 aromatic carbocycles. The fourth-order valence-electron chi connectivity index (χ4n) is 3.11. The van der Waals surface area contributed by atoms with Crippen LogP contribution in [0.4, 0.5) is 5.13 Å². The maximum Gasteiger partial charge on any atom is 0.266 e. The molecule has 0 atom stereocenters. The predicted molar refractivity (Wildman–Crippen MR) is 122 cm³/mol. The Morgan fingerprint density at radius 1 is 0.903 bits per heavy atom. The summed E-state index contributed by atoms with van der Waals surface area (Å²) in [7, 11) is -3.90. The molecule has 0 aliphatic heterocycles. The van der Waals surface area contributed by atoms with Crippen molar-refractivity contribution in [1.29, 1.82) is 0 Å². The molecule has 6 nitrogen and oxygen atoms in total. The van der Waals surface area contributed by atoms with Gasteiger partial charge in [-0.2, -0.15) is 0 Å². The van der Waals surface area contributed by atoms with Gasteiger partial charge in [-0.25, -0.2) is 17.7 Å². The van der Waals surface area contributed by atoms with Crippen LogP contribution in [0.25, 0.3) is 11.1 Å². The van der Waals surface area contributed by atoms with Crippen LogP contribution in [0, 0.1) is 0 Å². The van der Waals surface area contributed by atoms with Crippen molar-refractivity contribution in [2.24, 2.45) is 5.73 Å². The molecule has 4 aromatic rings.